The van der Waals surface area contributed by atoms with Gasteiger partial charge in [-0.1, -0.05) is 0 Å². The Labute approximate surface area is 80.2 Å². The number of alkyl halides is 3. The molecule has 1 rings (SSSR count). The van der Waals surface area contributed by atoms with Crippen LogP contribution in [0.15, 0.2) is 18.2 Å². The van der Waals surface area contributed by atoms with Crippen molar-refractivity contribution in [2.75, 3.05) is 5.73 Å². The van der Waals surface area contributed by atoms with Gasteiger partial charge in [0, 0.05) is 5.69 Å². The fourth-order valence-electron chi connectivity index (χ4n) is 1.00. The standard InChI is InChI=1S/C8H8F3N.ClH/c1-5-4-6(12)2-3-7(5)8(9,10)11;/h2-4H,12H2,1H3;1H. The molecule has 0 unspecified atom stereocenters. The van der Waals surface area contributed by atoms with Gasteiger partial charge < -0.3 is 5.73 Å². The van der Waals surface area contributed by atoms with Crippen LogP contribution in [0.5, 0.6) is 0 Å². The number of nitrogen functional groups attached to an aromatic ring is 1. The second-order valence-corrected chi connectivity index (χ2v) is 2.57. The second-order valence-electron chi connectivity index (χ2n) is 2.57. The van der Waals surface area contributed by atoms with Crippen LogP contribution in [-0.4, -0.2) is 0 Å². The van der Waals surface area contributed by atoms with E-state index in [9.17, 15) is 13.2 Å². The minimum atomic E-state index is -4.28. The molecule has 2 N–H and O–H groups in total. The van der Waals surface area contributed by atoms with Crippen LogP contribution in [0.1, 0.15) is 11.1 Å². The van der Waals surface area contributed by atoms with Gasteiger partial charge in [-0.3, -0.25) is 0 Å². The van der Waals surface area contributed by atoms with Gasteiger partial charge in [0.1, 0.15) is 0 Å². The van der Waals surface area contributed by atoms with E-state index in [2.05, 4.69) is 0 Å². The fourth-order valence-corrected chi connectivity index (χ4v) is 1.00. The van der Waals surface area contributed by atoms with Crippen molar-refractivity contribution < 1.29 is 13.2 Å². The van der Waals surface area contributed by atoms with Gasteiger partial charge in [-0.25, -0.2) is 0 Å². The van der Waals surface area contributed by atoms with Gasteiger partial charge >= 0.3 is 6.18 Å². The summed E-state index contributed by atoms with van der Waals surface area (Å²) in [5, 5.41) is 0. The average Bonchev–Trinajstić information content (AvgIpc) is 1.83. The van der Waals surface area contributed by atoms with E-state index < -0.39 is 11.7 Å². The maximum absolute atomic E-state index is 12.1. The number of hydrogen-bond acceptors (Lipinski definition) is 1. The molecule has 1 aromatic rings. The van der Waals surface area contributed by atoms with Crippen LogP contribution < -0.4 is 5.73 Å². The van der Waals surface area contributed by atoms with Crippen LogP contribution in [0.25, 0.3) is 0 Å². The van der Waals surface area contributed by atoms with Gasteiger partial charge in [0.15, 0.2) is 0 Å². The van der Waals surface area contributed by atoms with E-state index in [1.54, 1.807) is 0 Å². The lowest BCUT2D eigenvalue weighted by Crippen LogP contribution is -2.07. The molecule has 0 radical (unpaired) electrons. The summed E-state index contributed by atoms with van der Waals surface area (Å²) < 4.78 is 36.4. The van der Waals surface area contributed by atoms with Crippen molar-refractivity contribution >= 4 is 18.1 Å². The third kappa shape index (κ3) is 2.81. The van der Waals surface area contributed by atoms with Crippen LogP contribution in [0.4, 0.5) is 18.9 Å². The maximum Gasteiger partial charge on any atom is 0.416 e. The molecule has 0 bridgehead atoms. The summed E-state index contributed by atoms with van der Waals surface area (Å²) in [5.74, 6) is 0. The van der Waals surface area contributed by atoms with Crippen molar-refractivity contribution in [1.29, 1.82) is 0 Å². The zero-order valence-electron chi connectivity index (χ0n) is 6.85. The molecule has 0 aliphatic heterocycles. The molecule has 5 heteroatoms. The Balaban J connectivity index is 0.00000144. The highest BCUT2D eigenvalue weighted by molar-refractivity contribution is 5.85. The Morgan fingerprint density at radius 1 is 1.23 bits per heavy atom. The monoisotopic (exact) mass is 211 g/mol. The van der Waals surface area contributed by atoms with Gasteiger partial charge in [-0.15, -0.1) is 12.4 Å². The number of benzene rings is 1. The zero-order chi connectivity index (χ0) is 9.35. The normalized spacial score (nSPS) is 10.8. The molecule has 0 aliphatic rings. The molecule has 74 valence electrons. The summed E-state index contributed by atoms with van der Waals surface area (Å²) in [4.78, 5) is 0. The first-order chi connectivity index (χ1) is 5.41. The van der Waals surface area contributed by atoms with E-state index in [1.165, 1.54) is 19.1 Å². The first kappa shape index (κ1) is 12.1. The number of halogens is 4. The van der Waals surface area contributed by atoms with Crippen molar-refractivity contribution in [3.63, 3.8) is 0 Å². The third-order valence-corrected chi connectivity index (χ3v) is 1.56. The largest absolute Gasteiger partial charge is 0.416 e. The summed E-state index contributed by atoms with van der Waals surface area (Å²) in [6.45, 7) is 1.39. The van der Waals surface area contributed by atoms with Crippen molar-refractivity contribution in [2.24, 2.45) is 0 Å². The van der Waals surface area contributed by atoms with Crippen LogP contribution in [-0.2, 0) is 6.18 Å². The van der Waals surface area contributed by atoms with E-state index >= 15 is 0 Å². The molecule has 0 spiro atoms. The predicted octanol–water partition coefficient (Wildman–Crippen LogP) is 3.02. The molecule has 0 amide bonds. The van der Waals surface area contributed by atoms with E-state index in [0.717, 1.165) is 6.07 Å². The zero-order valence-corrected chi connectivity index (χ0v) is 7.67. The van der Waals surface area contributed by atoms with Crippen LogP contribution in [0, 0.1) is 6.92 Å². The third-order valence-electron chi connectivity index (χ3n) is 1.56. The summed E-state index contributed by atoms with van der Waals surface area (Å²) in [6, 6.07) is 3.54. The van der Waals surface area contributed by atoms with Gasteiger partial charge in [0.2, 0.25) is 0 Å². The first-order valence-corrected chi connectivity index (χ1v) is 3.34. The van der Waals surface area contributed by atoms with E-state index in [0.29, 0.717) is 5.69 Å². The number of rotatable bonds is 0. The highest BCUT2D eigenvalue weighted by atomic mass is 35.5. The lowest BCUT2D eigenvalue weighted by molar-refractivity contribution is -0.138. The van der Waals surface area contributed by atoms with Crippen molar-refractivity contribution in [3.05, 3.63) is 29.3 Å². The lowest BCUT2D eigenvalue weighted by Gasteiger charge is -2.09. The number of anilines is 1. The van der Waals surface area contributed by atoms with Crippen molar-refractivity contribution in [2.45, 2.75) is 13.1 Å². The fraction of sp³-hybridized carbons (Fsp3) is 0.250. The predicted molar refractivity (Wildman–Crippen MR) is 47.8 cm³/mol. The van der Waals surface area contributed by atoms with Gasteiger partial charge in [0.25, 0.3) is 0 Å². The molecule has 13 heavy (non-hydrogen) atoms. The summed E-state index contributed by atoms with van der Waals surface area (Å²) >= 11 is 0. The summed E-state index contributed by atoms with van der Waals surface area (Å²) in [5.41, 5.74) is 5.18. The highest BCUT2D eigenvalue weighted by Crippen LogP contribution is 2.32. The van der Waals surface area contributed by atoms with E-state index in [-0.39, 0.29) is 18.0 Å². The van der Waals surface area contributed by atoms with Gasteiger partial charge in [0.05, 0.1) is 5.56 Å². The summed E-state index contributed by atoms with van der Waals surface area (Å²) in [6.07, 6.45) is -4.28. The Morgan fingerprint density at radius 2 is 1.77 bits per heavy atom. The average molecular weight is 212 g/mol. The molecule has 0 fully saturated rings. The van der Waals surface area contributed by atoms with Crippen LogP contribution in [0.3, 0.4) is 0 Å². The number of aryl methyl sites for hydroxylation is 1. The Bertz CT molecular complexity index is 296. The van der Waals surface area contributed by atoms with E-state index in [1.807, 2.05) is 0 Å². The Hall–Kier alpha value is -0.900. The molecule has 0 atom stereocenters. The molecule has 1 nitrogen and oxygen atoms in total. The number of nitrogens with two attached hydrogens (primary N) is 1. The summed E-state index contributed by atoms with van der Waals surface area (Å²) in [7, 11) is 0. The topological polar surface area (TPSA) is 26.0 Å². The highest BCUT2D eigenvalue weighted by Gasteiger charge is 2.31. The molecule has 0 heterocycles. The molecule has 1 aromatic carbocycles. The minimum absolute atomic E-state index is 0. The second kappa shape index (κ2) is 3.87. The van der Waals surface area contributed by atoms with Crippen molar-refractivity contribution in [1.82, 2.24) is 0 Å². The SMILES string of the molecule is Cc1cc(N)ccc1C(F)(F)F.Cl. The smallest absolute Gasteiger partial charge is 0.399 e. The van der Waals surface area contributed by atoms with Crippen LogP contribution >= 0.6 is 12.4 Å². The maximum atomic E-state index is 12.1. The quantitative estimate of drug-likeness (QED) is 0.656. The molecule has 0 aromatic heterocycles. The Morgan fingerprint density at radius 3 is 2.15 bits per heavy atom. The number of hydrogen-bond donors (Lipinski definition) is 1. The molecular weight excluding hydrogens is 203 g/mol. The Kier molecular flexibility index (Phi) is 3.60. The van der Waals surface area contributed by atoms with Crippen LogP contribution in [0.2, 0.25) is 0 Å². The van der Waals surface area contributed by atoms with Crippen molar-refractivity contribution in [3.8, 4) is 0 Å². The van der Waals surface area contributed by atoms with Gasteiger partial charge in [-0.2, -0.15) is 13.2 Å². The van der Waals surface area contributed by atoms with Gasteiger partial charge in [-0.05, 0) is 30.7 Å². The molecular formula is C8H9ClF3N. The lowest BCUT2D eigenvalue weighted by atomic mass is 10.1. The van der Waals surface area contributed by atoms with E-state index in [4.69, 9.17) is 5.73 Å². The molecule has 0 saturated heterocycles. The minimum Gasteiger partial charge on any atom is -0.399 e. The first-order valence-electron chi connectivity index (χ1n) is 3.34. The molecule has 0 aliphatic carbocycles. The molecule has 0 saturated carbocycles.